The van der Waals surface area contributed by atoms with Gasteiger partial charge in [0.25, 0.3) is 0 Å². The summed E-state index contributed by atoms with van der Waals surface area (Å²) in [4.78, 5) is 0. The van der Waals surface area contributed by atoms with E-state index in [1.165, 1.54) is 0 Å². The Morgan fingerprint density at radius 3 is 1.43 bits per heavy atom. The Labute approximate surface area is 124 Å². The summed E-state index contributed by atoms with van der Waals surface area (Å²) in [6.07, 6.45) is 1.03. The second-order valence-corrected chi connectivity index (χ2v) is 5.47. The minimum absolute atomic E-state index is 0.513. The van der Waals surface area contributed by atoms with Crippen molar-refractivity contribution >= 4 is 0 Å². The quantitative estimate of drug-likeness (QED) is 0.933. The summed E-state index contributed by atoms with van der Waals surface area (Å²) in [5.74, 6) is 0. The molecule has 3 heteroatoms. The SMILES string of the molecule is CC(O)(Cc1ccc(C#N)cc1)Cc1ccc(C#N)cc1. The zero-order valence-corrected chi connectivity index (χ0v) is 11.9. The Morgan fingerprint density at radius 1 is 0.810 bits per heavy atom. The van der Waals surface area contributed by atoms with Gasteiger partial charge in [0.05, 0.1) is 28.9 Å². The molecule has 2 aromatic carbocycles. The van der Waals surface area contributed by atoms with Gasteiger partial charge >= 0.3 is 0 Å². The van der Waals surface area contributed by atoms with Crippen molar-refractivity contribution in [2.75, 3.05) is 0 Å². The molecule has 0 aliphatic rings. The molecule has 0 amide bonds. The van der Waals surface area contributed by atoms with Crippen LogP contribution in [0.5, 0.6) is 0 Å². The normalized spacial score (nSPS) is 10.7. The highest BCUT2D eigenvalue weighted by Crippen LogP contribution is 2.19. The molecule has 0 spiro atoms. The van der Waals surface area contributed by atoms with E-state index in [9.17, 15) is 5.11 Å². The molecule has 0 bridgehead atoms. The van der Waals surface area contributed by atoms with Crippen molar-refractivity contribution in [3.63, 3.8) is 0 Å². The van der Waals surface area contributed by atoms with Gasteiger partial charge in [0.15, 0.2) is 0 Å². The Kier molecular flexibility index (Phi) is 4.38. The molecule has 104 valence electrons. The fraction of sp³-hybridized carbons (Fsp3) is 0.222. The van der Waals surface area contributed by atoms with E-state index in [0.717, 1.165) is 11.1 Å². The number of benzene rings is 2. The summed E-state index contributed by atoms with van der Waals surface area (Å²) < 4.78 is 0. The van der Waals surface area contributed by atoms with Crippen LogP contribution < -0.4 is 0 Å². The average Bonchev–Trinajstić information content (AvgIpc) is 2.48. The maximum Gasteiger partial charge on any atom is 0.0991 e. The molecule has 0 aromatic heterocycles. The van der Waals surface area contributed by atoms with E-state index in [2.05, 4.69) is 12.1 Å². The van der Waals surface area contributed by atoms with E-state index >= 15 is 0 Å². The van der Waals surface area contributed by atoms with Crippen LogP contribution in [0.4, 0.5) is 0 Å². The molecule has 3 nitrogen and oxygen atoms in total. The third kappa shape index (κ3) is 4.18. The molecule has 0 atom stereocenters. The Bertz CT molecular complexity index is 624. The van der Waals surface area contributed by atoms with Crippen molar-refractivity contribution < 1.29 is 5.11 Å². The number of nitriles is 2. The highest BCUT2D eigenvalue weighted by Gasteiger charge is 2.21. The zero-order chi connectivity index (χ0) is 15.3. The van der Waals surface area contributed by atoms with Gasteiger partial charge in [-0.15, -0.1) is 0 Å². The number of nitrogens with zero attached hydrogens (tertiary/aromatic N) is 2. The number of hydrogen-bond acceptors (Lipinski definition) is 3. The summed E-state index contributed by atoms with van der Waals surface area (Å²) in [7, 11) is 0. The van der Waals surface area contributed by atoms with Crippen LogP contribution in [0.3, 0.4) is 0 Å². The van der Waals surface area contributed by atoms with Crippen molar-refractivity contribution in [2.24, 2.45) is 0 Å². The van der Waals surface area contributed by atoms with Crippen LogP contribution in [0, 0.1) is 22.7 Å². The minimum atomic E-state index is -0.873. The van der Waals surface area contributed by atoms with Crippen molar-refractivity contribution in [1.29, 1.82) is 10.5 Å². The summed E-state index contributed by atoms with van der Waals surface area (Å²) in [5.41, 5.74) is 2.35. The van der Waals surface area contributed by atoms with Crippen molar-refractivity contribution in [3.8, 4) is 12.1 Å². The van der Waals surface area contributed by atoms with Crippen LogP contribution in [0.1, 0.15) is 29.2 Å². The largest absolute Gasteiger partial charge is 0.389 e. The fourth-order valence-corrected chi connectivity index (χ4v) is 2.34. The monoisotopic (exact) mass is 276 g/mol. The third-order valence-corrected chi connectivity index (χ3v) is 3.34. The molecular formula is C18H16N2O. The first-order chi connectivity index (χ1) is 10.0. The van der Waals surface area contributed by atoms with E-state index in [1.807, 2.05) is 24.3 Å². The highest BCUT2D eigenvalue weighted by atomic mass is 16.3. The van der Waals surface area contributed by atoms with E-state index in [0.29, 0.717) is 24.0 Å². The Balaban J connectivity index is 2.06. The number of hydrogen-bond donors (Lipinski definition) is 1. The van der Waals surface area contributed by atoms with Crippen molar-refractivity contribution in [3.05, 3.63) is 70.8 Å². The molecule has 1 N–H and O–H groups in total. The predicted molar refractivity (Wildman–Crippen MR) is 80.3 cm³/mol. The van der Waals surface area contributed by atoms with Gasteiger partial charge in [-0.3, -0.25) is 0 Å². The molecule has 0 radical (unpaired) electrons. The lowest BCUT2D eigenvalue weighted by molar-refractivity contribution is 0.0608. The first-order valence-electron chi connectivity index (χ1n) is 6.73. The first-order valence-corrected chi connectivity index (χ1v) is 6.73. The van der Waals surface area contributed by atoms with Crippen LogP contribution in [-0.4, -0.2) is 10.7 Å². The molecule has 2 aromatic rings. The summed E-state index contributed by atoms with van der Waals surface area (Å²) in [5, 5.41) is 28.1. The maximum atomic E-state index is 10.5. The van der Waals surface area contributed by atoms with E-state index in [-0.39, 0.29) is 0 Å². The smallest absolute Gasteiger partial charge is 0.0991 e. The number of rotatable bonds is 4. The standard InChI is InChI=1S/C18H16N2O/c1-18(21,10-14-2-6-16(12-19)7-3-14)11-15-4-8-17(13-20)9-5-15/h2-9,21H,10-11H2,1H3. The third-order valence-electron chi connectivity index (χ3n) is 3.34. The molecule has 0 fully saturated rings. The average molecular weight is 276 g/mol. The van der Waals surface area contributed by atoms with Crippen LogP contribution >= 0.6 is 0 Å². The maximum absolute atomic E-state index is 10.5. The van der Waals surface area contributed by atoms with Crippen molar-refractivity contribution in [1.82, 2.24) is 0 Å². The second kappa shape index (κ2) is 6.22. The van der Waals surface area contributed by atoms with Crippen LogP contribution in [0.2, 0.25) is 0 Å². The molecule has 0 saturated carbocycles. The Hall–Kier alpha value is -2.62. The van der Waals surface area contributed by atoms with Crippen LogP contribution in [0.15, 0.2) is 48.5 Å². The zero-order valence-electron chi connectivity index (χ0n) is 11.9. The lowest BCUT2D eigenvalue weighted by Crippen LogP contribution is -2.30. The lowest BCUT2D eigenvalue weighted by Gasteiger charge is -2.23. The van der Waals surface area contributed by atoms with Crippen LogP contribution in [0.25, 0.3) is 0 Å². The topological polar surface area (TPSA) is 67.8 Å². The molecule has 0 aliphatic heterocycles. The molecule has 0 heterocycles. The first kappa shape index (κ1) is 14.8. The van der Waals surface area contributed by atoms with Crippen LogP contribution in [-0.2, 0) is 12.8 Å². The van der Waals surface area contributed by atoms with E-state index < -0.39 is 5.60 Å². The number of aliphatic hydroxyl groups is 1. The second-order valence-electron chi connectivity index (χ2n) is 5.47. The van der Waals surface area contributed by atoms with Gasteiger partial charge in [0, 0.05) is 12.8 Å². The lowest BCUT2D eigenvalue weighted by atomic mass is 9.89. The van der Waals surface area contributed by atoms with Gasteiger partial charge in [-0.2, -0.15) is 10.5 Å². The summed E-state index contributed by atoms with van der Waals surface area (Å²) >= 11 is 0. The van der Waals surface area contributed by atoms with Gasteiger partial charge in [-0.1, -0.05) is 24.3 Å². The Morgan fingerprint density at radius 2 is 1.14 bits per heavy atom. The summed E-state index contributed by atoms with van der Waals surface area (Å²) in [6, 6.07) is 18.7. The summed E-state index contributed by atoms with van der Waals surface area (Å²) in [6.45, 7) is 1.80. The van der Waals surface area contributed by atoms with Gasteiger partial charge in [-0.25, -0.2) is 0 Å². The molecular weight excluding hydrogens is 260 g/mol. The molecule has 2 rings (SSSR count). The van der Waals surface area contributed by atoms with Gasteiger partial charge in [0.1, 0.15) is 0 Å². The predicted octanol–water partition coefficient (Wildman–Crippen LogP) is 2.97. The highest BCUT2D eigenvalue weighted by molar-refractivity contribution is 5.34. The van der Waals surface area contributed by atoms with Gasteiger partial charge in [-0.05, 0) is 42.3 Å². The van der Waals surface area contributed by atoms with E-state index in [4.69, 9.17) is 10.5 Å². The minimum Gasteiger partial charge on any atom is -0.389 e. The molecule has 0 unspecified atom stereocenters. The van der Waals surface area contributed by atoms with Gasteiger partial charge in [0.2, 0.25) is 0 Å². The molecule has 21 heavy (non-hydrogen) atoms. The van der Waals surface area contributed by atoms with E-state index in [1.54, 1.807) is 31.2 Å². The molecule has 0 aliphatic carbocycles. The van der Waals surface area contributed by atoms with Crippen molar-refractivity contribution in [2.45, 2.75) is 25.4 Å². The fourth-order valence-electron chi connectivity index (χ4n) is 2.34. The molecule has 0 saturated heterocycles. The van der Waals surface area contributed by atoms with Gasteiger partial charge < -0.3 is 5.11 Å².